The summed E-state index contributed by atoms with van der Waals surface area (Å²) in [5, 5.41) is 0. The number of carbonyl (C=O) groups is 2. The highest BCUT2D eigenvalue weighted by Crippen LogP contribution is 2.07. The summed E-state index contributed by atoms with van der Waals surface area (Å²) in [7, 11) is 0. The summed E-state index contributed by atoms with van der Waals surface area (Å²) in [6.07, 6.45) is 0.681. The molecule has 1 heterocycles. The SMILES string of the molecule is CCOC(=O)N(CC(=O)OF)Cc1ccco1. The highest BCUT2D eigenvalue weighted by molar-refractivity contribution is 5.77. The van der Waals surface area contributed by atoms with E-state index in [9.17, 15) is 14.1 Å². The van der Waals surface area contributed by atoms with Crippen molar-refractivity contribution in [1.82, 2.24) is 4.90 Å². The summed E-state index contributed by atoms with van der Waals surface area (Å²) in [5.74, 6) is -0.727. The molecule has 7 heteroatoms. The lowest BCUT2D eigenvalue weighted by molar-refractivity contribution is -0.184. The summed E-state index contributed by atoms with van der Waals surface area (Å²) < 4.78 is 21.3. The molecule has 0 fully saturated rings. The lowest BCUT2D eigenvalue weighted by Crippen LogP contribution is -2.35. The molecule has 17 heavy (non-hydrogen) atoms. The van der Waals surface area contributed by atoms with Crippen molar-refractivity contribution in [3.05, 3.63) is 24.2 Å². The van der Waals surface area contributed by atoms with Crippen LogP contribution in [0.25, 0.3) is 0 Å². The fourth-order valence-electron chi connectivity index (χ4n) is 1.17. The minimum Gasteiger partial charge on any atom is -0.467 e. The van der Waals surface area contributed by atoms with E-state index in [1.807, 2.05) is 0 Å². The highest BCUT2D eigenvalue weighted by atomic mass is 19.3. The first-order valence-corrected chi connectivity index (χ1v) is 4.92. The minimum atomic E-state index is -1.18. The van der Waals surface area contributed by atoms with Gasteiger partial charge in [0.15, 0.2) is 0 Å². The number of carbonyl (C=O) groups excluding carboxylic acids is 2. The van der Waals surface area contributed by atoms with Crippen molar-refractivity contribution in [3.63, 3.8) is 0 Å². The van der Waals surface area contributed by atoms with Gasteiger partial charge in [0.05, 0.1) is 19.4 Å². The molecule has 0 unspecified atom stereocenters. The van der Waals surface area contributed by atoms with Gasteiger partial charge in [-0.15, -0.1) is 0 Å². The summed E-state index contributed by atoms with van der Waals surface area (Å²) in [6, 6.07) is 3.25. The van der Waals surface area contributed by atoms with Crippen molar-refractivity contribution < 1.29 is 28.2 Å². The molecule has 1 aromatic rings. The molecule has 0 aliphatic heterocycles. The maximum Gasteiger partial charge on any atom is 0.410 e. The van der Waals surface area contributed by atoms with Crippen LogP contribution in [0.4, 0.5) is 9.32 Å². The Bertz CT molecular complexity index is 365. The summed E-state index contributed by atoms with van der Waals surface area (Å²) >= 11 is 0. The first-order chi connectivity index (χ1) is 8.17. The van der Waals surface area contributed by atoms with Crippen molar-refractivity contribution in [3.8, 4) is 0 Å². The van der Waals surface area contributed by atoms with Crippen LogP contribution in [0.3, 0.4) is 0 Å². The molecule has 0 N–H and O–H groups in total. The van der Waals surface area contributed by atoms with Crippen molar-refractivity contribution in [2.45, 2.75) is 13.5 Å². The van der Waals surface area contributed by atoms with Gasteiger partial charge in [0.1, 0.15) is 12.3 Å². The van der Waals surface area contributed by atoms with Crippen LogP contribution >= 0.6 is 0 Å². The van der Waals surface area contributed by atoms with Gasteiger partial charge in [-0.3, -0.25) is 9.84 Å². The number of rotatable bonds is 5. The van der Waals surface area contributed by atoms with Crippen molar-refractivity contribution >= 4 is 12.1 Å². The zero-order chi connectivity index (χ0) is 12.7. The van der Waals surface area contributed by atoms with Crippen molar-refractivity contribution in [2.75, 3.05) is 13.2 Å². The number of amides is 1. The summed E-state index contributed by atoms with van der Waals surface area (Å²) in [5.41, 5.74) is 0. The van der Waals surface area contributed by atoms with E-state index in [-0.39, 0.29) is 13.2 Å². The van der Waals surface area contributed by atoms with E-state index in [1.165, 1.54) is 6.26 Å². The zero-order valence-electron chi connectivity index (χ0n) is 9.22. The molecular formula is C10H12FNO5. The molecule has 0 atom stereocenters. The van der Waals surface area contributed by atoms with Gasteiger partial charge < -0.3 is 9.15 Å². The highest BCUT2D eigenvalue weighted by Gasteiger charge is 2.20. The normalized spacial score (nSPS) is 9.76. The Labute approximate surface area is 96.8 Å². The lowest BCUT2D eigenvalue weighted by atomic mass is 10.4. The van der Waals surface area contributed by atoms with Crippen molar-refractivity contribution in [2.24, 2.45) is 0 Å². The first-order valence-electron chi connectivity index (χ1n) is 4.92. The number of halogens is 1. The Morgan fingerprint density at radius 1 is 1.53 bits per heavy atom. The molecule has 94 valence electrons. The summed E-state index contributed by atoms with van der Waals surface area (Å²) in [4.78, 5) is 26.2. The Hall–Kier alpha value is -2.05. The molecule has 1 aromatic heterocycles. The largest absolute Gasteiger partial charge is 0.467 e. The zero-order valence-corrected chi connectivity index (χ0v) is 9.22. The molecule has 1 rings (SSSR count). The average molecular weight is 245 g/mol. The second-order valence-corrected chi connectivity index (χ2v) is 3.08. The molecule has 6 nitrogen and oxygen atoms in total. The predicted octanol–water partition coefficient (Wildman–Crippen LogP) is 1.67. The summed E-state index contributed by atoms with van der Waals surface area (Å²) in [6.45, 7) is 1.23. The third-order valence-corrected chi connectivity index (χ3v) is 1.86. The predicted molar refractivity (Wildman–Crippen MR) is 53.3 cm³/mol. The van der Waals surface area contributed by atoms with E-state index in [0.29, 0.717) is 5.76 Å². The van der Waals surface area contributed by atoms with Gasteiger partial charge in [-0.2, -0.15) is 0 Å². The van der Waals surface area contributed by atoms with Crippen LogP contribution in [-0.4, -0.2) is 30.1 Å². The molecule has 0 spiro atoms. The van der Waals surface area contributed by atoms with E-state index >= 15 is 0 Å². The molecule has 0 aliphatic rings. The van der Waals surface area contributed by atoms with Crippen LogP contribution in [-0.2, 0) is 21.0 Å². The number of nitrogens with zero attached hydrogens (tertiary/aromatic N) is 1. The topological polar surface area (TPSA) is 69.0 Å². The molecule has 0 saturated carbocycles. The van der Waals surface area contributed by atoms with Crippen LogP contribution in [0.5, 0.6) is 0 Å². The van der Waals surface area contributed by atoms with Crippen LogP contribution < -0.4 is 0 Å². The van der Waals surface area contributed by atoms with Crippen LogP contribution in [0.15, 0.2) is 22.8 Å². The smallest absolute Gasteiger partial charge is 0.410 e. The van der Waals surface area contributed by atoms with E-state index in [0.717, 1.165) is 4.90 Å². The Balaban J connectivity index is 2.64. The quantitative estimate of drug-likeness (QED) is 0.789. The molecule has 1 amide bonds. The third-order valence-electron chi connectivity index (χ3n) is 1.86. The van der Waals surface area contributed by atoms with Gasteiger partial charge in [-0.1, -0.05) is 0 Å². The molecule has 0 saturated heterocycles. The average Bonchev–Trinajstić information content (AvgIpc) is 2.81. The van der Waals surface area contributed by atoms with E-state index < -0.39 is 18.6 Å². The standard InChI is InChI=1S/C10H12FNO5/c1-2-15-10(14)12(7-9(13)17-11)6-8-4-3-5-16-8/h3-5H,2,6-7H2,1H3. The van der Waals surface area contributed by atoms with Gasteiger partial charge in [-0.05, 0) is 19.1 Å². The fraction of sp³-hybridized carbons (Fsp3) is 0.400. The van der Waals surface area contributed by atoms with Gasteiger partial charge in [-0.25, -0.2) is 9.59 Å². The minimum absolute atomic E-state index is 0.000926. The molecular weight excluding hydrogens is 233 g/mol. The van der Waals surface area contributed by atoms with Gasteiger partial charge >= 0.3 is 12.1 Å². The number of ether oxygens (including phenoxy) is 1. The molecule has 0 radical (unpaired) electrons. The second kappa shape index (κ2) is 6.51. The van der Waals surface area contributed by atoms with E-state index in [2.05, 4.69) is 4.94 Å². The van der Waals surface area contributed by atoms with Crippen LogP contribution in [0.2, 0.25) is 0 Å². The van der Waals surface area contributed by atoms with Gasteiger partial charge in [0.2, 0.25) is 0 Å². The Morgan fingerprint density at radius 2 is 2.29 bits per heavy atom. The van der Waals surface area contributed by atoms with E-state index in [4.69, 9.17) is 9.15 Å². The molecule has 0 bridgehead atoms. The maximum atomic E-state index is 11.6. The van der Waals surface area contributed by atoms with Crippen LogP contribution in [0.1, 0.15) is 12.7 Å². The molecule has 0 aromatic carbocycles. The Kier molecular flexibility index (Phi) is 4.99. The number of hydrogen-bond donors (Lipinski definition) is 0. The fourth-order valence-corrected chi connectivity index (χ4v) is 1.17. The third kappa shape index (κ3) is 4.13. The van der Waals surface area contributed by atoms with Gasteiger partial charge in [0, 0.05) is 4.53 Å². The molecule has 0 aliphatic carbocycles. The van der Waals surface area contributed by atoms with Gasteiger partial charge in [0.25, 0.3) is 0 Å². The first kappa shape index (κ1) is 13.0. The number of furan rings is 1. The number of hydrogen-bond acceptors (Lipinski definition) is 5. The second-order valence-electron chi connectivity index (χ2n) is 3.08. The lowest BCUT2D eigenvalue weighted by Gasteiger charge is -2.18. The van der Waals surface area contributed by atoms with E-state index in [1.54, 1.807) is 19.1 Å². The maximum absolute atomic E-state index is 11.6. The van der Waals surface area contributed by atoms with Crippen molar-refractivity contribution in [1.29, 1.82) is 0 Å². The Morgan fingerprint density at radius 3 is 2.82 bits per heavy atom. The van der Waals surface area contributed by atoms with Crippen LogP contribution in [0, 0.1) is 0 Å². The monoisotopic (exact) mass is 245 g/mol.